The van der Waals surface area contributed by atoms with Crippen molar-refractivity contribution in [2.45, 2.75) is 52.5 Å². The first-order chi connectivity index (χ1) is 5.56. The Morgan fingerprint density at radius 1 is 1.17 bits per heavy atom. The summed E-state index contributed by atoms with van der Waals surface area (Å²) in [5.74, 6) is 0. The van der Waals surface area contributed by atoms with Crippen LogP contribution in [-0.2, 0) is 0 Å². The minimum absolute atomic E-state index is 0.538. The van der Waals surface area contributed by atoms with Crippen molar-refractivity contribution in [2.75, 3.05) is 13.6 Å². The summed E-state index contributed by atoms with van der Waals surface area (Å²) in [6.07, 6.45) is 4.03. The fourth-order valence-electron chi connectivity index (χ4n) is 2.78. The third-order valence-electron chi connectivity index (χ3n) is 4.25. The van der Waals surface area contributed by atoms with Crippen molar-refractivity contribution in [3.63, 3.8) is 0 Å². The smallest absolute Gasteiger partial charge is 0.0263 e. The molecule has 1 aliphatic carbocycles. The van der Waals surface area contributed by atoms with E-state index >= 15 is 0 Å². The predicted octanol–water partition coefficient (Wildman–Crippen LogP) is 2.91. The molecule has 1 aliphatic rings. The van der Waals surface area contributed by atoms with Crippen LogP contribution in [0.4, 0.5) is 0 Å². The third kappa shape index (κ3) is 1.10. The third-order valence-corrected chi connectivity index (χ3v) is 4.25. The zero-order valence-corrected chi connectivity index (χ0v) is 9.28. The van der Waals surface area contributed by atoms with Crippen LogP contribution in [0, 0.1) is 5.41 Å². The molecule has 0 aliphatic heterocycles. The number of hydrogen-bond acceptors (Lipinski definition) is 1. The highest BCUT2D eigenvalue weighted by molar-refractivity contribution is 5.18. The van der Waals surface area contributed by atoms with Crippen LogP contribution in [0.5, 0.6) is 0 Å². The van der Waals surface area contributed by atoms with E-state index in [1.165, 1.54) is 25.8 Å². The van der Waals surface area contributed by atoms with Crippen LogP contribution in [0.2, 0.25) is 0 Å². The Morgan fingerprint density at radius 2 is 1.75 bits per heavy atom. The predicted molar refractivity (Wildman–Crippen MR) is 54.3 cm³/mol. The molecular weight excluding hydrogens is 146 g/mol. The van der Waals surface area contributed by atoms with Gasteiger partial charge in [0.1, 0.15) is 0 Å². The van der Waals surface area contributed by atoms with Gasteiger partial charge in [-0.2, -0.15) is 0 Å². The molecule has 2 atom stereocenters. The molecule has 72 valence electrons. The van der Waals surface area contributed by atoms with Gasteiger partial charge in [0.25, 0.3) is 0 Å². The summed E-state index contributed by atoms with van der Waals surface area (Å²) in [6.45, 7) is 10.5. The lowest BCUT2D eigenvalue weighted by Gasteiger charge is -2.30. The molecule has 0 aromatic rings. The summed E-state index contributed by atoms with van der Waals surface area (Å²) in [7, 11) is 2.27. The largest absolute Gasteiger partial charge is 0.300 e. The highest BCUT2D eigenvalue weighted by Crippen LogP contribution is 2.63. The molecule has 0 N–H and O–H groups in total. The van der Waals surface area contributed by atoms with Gasteiger partial charge < -0.3 is 4.90 Å². The van der Waals surface area contributed by atoms with Gasteiger partial charge in [-0.25, -0.2) is 0 Å². The lowest BCUT2D eigenvalue weighted by atomic mass is 9.96. The molecule has 2 unspecified atom stereocenters. The zero-order chi connectivity index (χ0) is 9.41. The molecule has 0 saturated heterocycles. The molecule has 1 rings (SSSR count). The second-order valence-corrected chi connectivity index (χ2v) is 4.49. The van der Waals surface area contributed by atoms with Crippen molar-refractivity contribution in [1.29, 1.82) is 0 Å². The summed E-state index contributed by atoms with van der Waals surface area (Å²) in [5, 5.41) is 0. The average Bonchev–Trinajstić information content (AvgIpc) is 2.73. The van der Waals surface area contributed by atoms with Gasteiger partial charge in [0.05, 0.1) is 0 Å². The van der Waals surface area contributed by atoms with Gasteiger partial charge in [0, 0.05) is 5.54 Å². The van der Waals surface area contributed by atoms with Crippen molar-refractivity contribution in [2.24, 2.45) is 5.41 Å². The maximum atomic E-state index is 2.54. The van der Waals surface area contributed by atoms with E-state index in [2.05, 4.69) is 39.6 Å². The maximum Gasteiger partial charge on any atom is 0.0263 e. The van der Waals surface area contributed by atoms with Crippen LogP contribution >= 0.6 is 0 Å². The molecule has 0 aromatic carbocycles. The number of hydrogen-bond donors (Lipinski definition) is 0. The minimum atomic E-state index is 0.538. The Hall–Kier alpha value is -0.0400. The van der Waals surface area contributed by atoms with E-state index in [0.29, 0.717) is 11.0 Å². The first-order valence-corrected chi connectivity index (χ1v) is 5.27. The Kier molecular flexibility index (Phi) is 2.53. The van der Waals surface area contributed by atoms with Crippen LogP contribution in [-0.4, -0.2) is 24.0 Å². The molecule has 0 bridgehead atoms. The monoisotopic (exact) mass is 169 g/mol. The molecular formula is C11H23N. The quantitative estimate of drug-likeness (QED) is 0.625. The van der Waals surface area contributed by atoms with Gasteiger partial charge in [0.2, 0.25) is 0 Å². The maximum absolute atomic E-state index is 2.54. The summed E-state index contributed by atoms with van der Waals surface area (Å²) in [5.41, 5.74) is 1.14. The Labute approximate surface area is 77.1 Å². The first-order valence-electron chi connectivity index (χ1n) is 5.27. The molecule has 0 aromatic heterocycles. The SMILES string of the molecule is CCN(C)C1(CC)CC1(C)CC. The highest BCUT2D eigenvalue weighted by Gasteiger charge is 2.63. The van der Waals surface area contributed by atoms with Crippen LogP contribution in [0.1, 0.15) is 47.0 Å². The van der Waals surface area contributed by atoms with Crippen molar-refractivity contribution >= 4 is 0 Å². The van der Waals surface area contributed by atoms with E-state index in [4.69, 9.17) is 0 Å². The number of rotatable bonds is 4. The van der Waals surface area contributed by atoms with Crippen LogP contribution in [0.3, 0.4) is 0 Å². The van der Waals surface area contributed by atoms with Gasteiger partial charge in [-0.15, -0.1) is 0 Å². The van der Waals surface area contributed by atoms with Crippen LogP contribution in [0.15, 0.2) is 0 Å². The summed E-state index contributed by atoms with van der Waals surface area (Å²) < 4.78 is 0. The van der Waals surface area contributed by atoms with Gasteiger partial charge in [-0.3, -0.25) is 0 Å². The first kappa shape index (κ1) is 10.0. The molecule has 1 saturated carbocycles. The normalized spacial score (nSPS) is 40.5. The molecule has 1 nitrogen and oxygen atoms in total. The van der Waals surface area contributed by atoms with Crippen molar-refractivity contribution in [3.05, 3.63) is 0 Å². The minimum Gasteiger partial charge on any atom is -0.300 e. The Balaban J connectivity index is 2.70. The Bertz CT molecular complexity index is 166. The van der Waals surface area contributed by atoms with Crippen LogP contribution < -0.4 is 0 Å². The van der Waals surface area contributed by atoms with E-state index < -0.39 is 0 Å². The molecule has 0 radical (unpaired) electrons. The fourth-order valence-corrected chi connectivity index (χ4v) is 2.78. The topological polar surface area (TPSA) is 3.24 Å². The van der Waals surface area contributed by atoms with E-state index in [0.717, 1.165) is 0 Å². The van der Waals surface area contributed by atoms with Gasteiger partial charge >= 0.3 is 0 Å². The van der Waals surface area contributed by atoms with E-state index in [-0.39, 0.29) is 0 Å². The number of nitrogens with zero attached hydrogens (tertiary/aromatic N) is 1. The molecule has 12 heavy (non-hydrogen) atoms. The van der Waals surface area contributed by atoms with E-state index in [1.807, 2.05) is 0 Å². The van der Waals surface area contributed by atoms with Gasteiger partial charge in [0.15, 0.2) is 0 Å². The average molecular weight is 169 g/mol. The van der Waals surface area contributed by atoms with Gasteiger partial charge in [-0.1, -0.05) is 27.7 Å². The summed E-state index contributed by atoms with van der Waals surface area (Å²) in [6, 6.07) is 0. The lowest BCUT2D eigenvalue weighted by Crippen LogP contribution is -2.37. The second kappa shape index (κ2) is 3.02. The van der Waals surface area contributed by atoms with E-state index in [1.54, 1.807) is 0 Å². The molecule has 0 heterocycles. The van der Waals surface area contributed by atoms with Gasteiger partial charge in [-0.05, 0) is 38.3 Å². The molecule has 0 spiro atoms. The summed E-state index contributed by atoms with van der Waals surface area (Å²) >= 11 is 0. The van der Waals surface area contributed by atoms with E-state index in [9.17, 15) is 0 Å². The van der Waals surface area contributed by atoms with Crippen LogP contribution in [0.25, 0.3) is 0 Å². The lowest BCUT2D eigenvalue weighted by molar-refractivity contribution is 0.174. The fraction of sp³-hybridized carbons (Fsp3) is 1.00. The van der Waals surface area contributed by atoms with Crippen molar-refractivity contribution in [3.8, 4) is 0 Å². The molecule has 0 amide bonds. The second-order valence-electron chi connectivity index (χ2n) is 4.49. The summed E-state index contributed by atoms with van der Waals surface area (Å²) in [4.78, 5) is 2.54. The molecule has 1 fully saturated rings. The standard InChI is InChI=1S/C11H23N/c1-6-10(4)9-11(10,7-2)12(5)8-3/h6-9H2,1-5H3. The van der Waals surface area contributed by atoms with Crippen molar-refractivity contribution in [1.82, 2.24) is 4.90 Å². The highest BCUT2D eigenvalue weighted by atomic mass is 15.2. The van der Waals surface area contributed by atoms with Crippen molar-refractivity contribution < 1.29 is 0 Å². The zero-order valence-electron chi connectivity index (χ0n) is 9.28. The Morgan fingerprint density at radius 3 is 2.00 bits per heavy atom. The molecule has 1 heteroatoms.